The number of nitrogens with one attached hydrogen (secondary N) is 2. The molecule has 0 bridgehead atoms. The molecular weight excluding hydrogens is 294 g/mol. The fourth-order valence-electron chi connectivity index (χ4n) is 1.50. The van der Waals surface area contributed by atoms with Crippen molar-refractivity contribution in [3.63, 3.8) is 0 Å². The quantitative estimate of drug-likeness (QED) is 0.898. The first-order valence-corrected chi connectivity index (χ1v) is 6.35. The molecule has 0 heterocycles. The van der Waals surface area contributed by atoms with Crippen molar-refractivity contribution in [3.05, 3.63) is 28.2 Å². The van der Waals surface area contributed by atoms with Gasteiger partial charge in [0.05, 0.1) is 16.7 Å². The lowest BCUT2D eigenvalue weighted by atomic mass is 9.92. The van der Waals surface area contributed by atoms with Gasteiger partial charge in [-0.25, -0.2) is 0 Å². The minimum Gasteiger partial charge on any atom is -0.383 e. The molecular formula is C13H16BrN3O. The molecule has 0 unspecified atom stereocenters. The second-order valence-electron chi connectivity index (χ2n) is 4.62. The molecule has 0 aliphatic heterocycles. The summed E-state index contributed by atoms with van der Waals surface area (Å²) in [5.74, 6) is -0.0384. The Labute approximate surface area is 116 Å². The van der Waals surface area contributed by atoms with E-state index >= 15 is 0 Å². The van der Waals surface area contributed by atoms with Gasteiger partial charge in [-0.15, -0.1) is 0 Å². The van der Waals surface area contributed by atoms with Gasteiger partial charge in [0.1, 0.15) is 6.07 Å². The fraction of sp³-hybridized carbons (Fsp3) is 0.385. The molecule has 1 aromatic carbocycles. The van der Waals surface area contributed by atoms with Crippen LogP contribution in [0.25, 0.3) is 0 Å². The first kappa shape index (κ1) is 14.5. The highest BCUT2D eigenvalue weighted by Crippen LogP contribution is 2.23. The molecule has 0 spiro atoms. The monoisotopic (exact) mass is 309 g/mol. The average Bonchev–Trinajstić information content (AvgIpc) is 2.35. The highest BCUT2D eigenvalue weighted by Gasteiger charge is 2.26. The zero-order valence-electron chi connectivity index (χ0n) is 10.7. The Morgan fingerprint density at radius 2 is 2.17 bits per heavy atom. The standard InChI is InChI=1S/C13H16BrN3O/c1-13(2,12(18)16-3)8-17-11-6-10(14)5-4-9(11)7-15/h4-6,17H,8H2,1-3H3,(H,16,18). The molecule has 2 N–H and O–H groups in total. The molecule has 0 aliphatic rings. The lowest BCUT2D eigenvalue weighted by Crippen LogP contribution is -2.39. The van der Waals surface area contributed by atoms with Gasteiger partial charge in [-0.1, -0.05) is 15.9 Å². The first-order valence-electron chi connectivity index (χ1n) is 5.56. The van der Waals surface area contributed by atoms with Gasteiger partial charge in [-0.2, -0.15) is 5.26 Å². The van der Waals surface area contributed by atoms with Crippen molar-refractivity contribution in [3.8, 4) is 6.07 Å². The Bertz CT molecular complexity index is 491. The summed E-state index contributed by atoms with van der Waals surface area (Å²) in [5.41, 5.74) is 0.749. The molecule has 0 radical (unpaired) electrons. The van der Waals surface area contributed by atoms with Crippen molar-refractivity contribution >= 4 is 27.5 Å². The van der Waals surface area contributed by atoms with E-state index in [9.17, 15) is 4.79 Å². The van der Waals surface area contributed by atoms with Crippen LogP contribution in [0.5, 0.6) is 0 Å². The van der Waals surface area contributed by atoms with E-state index in [4.69, 9.17) is 5.26 Å². The largest absolute Gasteiger partial charge is 0.383 e. The van der Waals surface area contributed by atoms with Crippen LogP contribution in [0.3, 0.4) is 0 Å². The number of anilines is 1. The van der Waals surface area contributed by atoms with Crippen molar-refractivity contribution in [2.75, 3.05) is 18.9 Å². The van der Waals surface area contributed by atoms with E-state index in [1.807, 2.05) is 26.0 Å². The van der Waals surface area contributed by atoms with Crippen molar-refractivity contribution in [1.29, 1.82) is 5.26 Å². The van der Waals surface area contributed by atoms with E-state index in [1.165, 1.54) is 0 Å². The summed E-state index contributed by atoms with van der Waals surface area (Å²) in [6, 6.07) is 7.50. The van der Waals surface area contributed by atoms with Crippen LogP contribution in [0.1, 0.15) is 19.4 Å². The Morgan fingerprint density at radius 3 is 2.72 bits per heavy atom. The van der Waals surface area contributed by atoms with Gasteiger partial charge in [0.2, 0.25) is 5.91 Å². The summed E-state index contributed by atoms with van der Waals surface area (Å²) in [4.78, 5) is 11.7. The lowest BCUT2D eigenvalue weighted by Gasteiger charge is -2.23. The summed E-state index contributed by atoms with van der Waals surface area (Å²) in [6.07, 6.45) is 0. The minimum absolute atomic E-state index is 0.0384. The normalized spacial score (nSPS) is 10.6. The number of nitrogens with zero attached hydrogens (tertiary/aromatic N) is 1. The van der Waals surface area contributed by atoms with Crippen LogP contribution in [0.15, 0.2) is 22.7 Å². The van der Waals surface area contributed by atoms with Gasteiger partial charge in [0.25, 0.3) is 0 Å². The molecule has 5 heteroatoms. The van der Waals surface area contributed by atoms with Crippen LogP contribution in [0.2, 0.25) is 0 Å². The topological polar surface area (TPSA) is 64.9 Å². The van der Waals surface area contributed by atoms with E-state index in [2.05, 4.69) is 32.6 Å². The fourth-order valence-corrected chi connectivity index (χ4v) is 1.86. The molecule has 0 fully saturated rings. The van der Waals surface area contributed by atoms with Crippen molar-refractivity contribution in [2.45, 2.75) is 13.8 Å². The van der Waals surface area contributed by atoms with Crippen LogP contribution in [0, 0.1) is 16.7 Å². The third kappa shape index (κ3) is 3.47. The van der Waals surface area contributed by atoms with Gasteiger partial charge in [0.15, 0.2) is 0 Å². The van der Waals surface area contributed by atoms with E-state index in [-0.39, 0.29) is 5.91 Å². The Morgan fingerprint density at radius 1 is 1.50 bits per heavy atom. The highest BCUT2D eigenvalue weighted by atomic mass is 79.9. The predicted molar refractivity (Wildman–Crippen MR) is 75.2 cm³/mol. The molecule has 0 aromatic heterocycles. The van der Waals surface area contributed by atoms with Gasteiger partial charge in [-0.05, 0) is 32.0 Å². The smallest absolute Gasteiger partial charge is 0.227 e. The van der Waals surface area contributed by atoms with E-state index in [1.54, 1.807) is 13.1 Å². The molecule has 1 amide bonds. The SMILES string of the molecule is CNC(=O)C(C)(C)CNc1cc(Br)ccc1C#N. The molecule has 0 saturated heterocycles. The predicted octanol–water partition coefficient (Wildman–Crippen LogP) is 2.50. The summed E-state index contributed by atoms with van der Waals surface area (Å²) >= 11 is 3.36. The molecule has 0 atom stereocenters. The van der Waals surface area contributed by atoms with Crippen LogP contribution in [0.4, 0.5) is 5.69 Å². The van der Waals surface area contributed by atoms with Crippen LogP contribution in [-0.2, 0) is 4.79 Å². The Kier molecular flexibility index (Phi) is 4.74. The van der Waals surface area contributed by atoms with Crippen LogP contribution >= 0.6 is 15.9 Å². The number of hydrogen-bond acceptors (Lipinski definition) is 3. The maximum absolute atomic E-state index is 11.7. The zero-order valence-corrected chi connectivity index (χ0v) is 12.3. The molecule has 4 nitrogen and oxygen atoms in total. The Hall–Kier alpha value is -1.54. The molecule has 18 heavy (non-hydrogen) atoms. The summed E-state index contributed by atoms with van der Waals surface area (Å²) in [6.45, 7) is 4.16. The number of carbonyl (C=O) groups excluding carboxylic acids is 1. The third-order valence-electron chi connectivity index (χ3n) is 2.66. The number of nitriles is 1. The number of carbonyl (C=O) groups is 1. The van der Waals surface area contributed by atoms with Crippen LogP contribution in [-0.4, -0.2) is 19.5 Å². The second kappa shape index (κ2) is 5.87. The van der Waals surface area contributed by atoms with Crippen LogP contribution < -0.4 is 10.6 Å². The van der Waals surface area contributed by atoms with Crippen molar-refractivity contribution < 1.29 is 4.79 Å². The van der Waals surface area contributed by atoms with E-state index < -0.39 is 5.41 Å². The first-order chi connectivity index (χ1) is 8.40. The summed E-state index contributed by atoms with van der Waals surface area (Å²) < 4.78 is 0.891. The molecule has 96 valence electrons. The summed E-state index contributed by atoms with van der Waals surface area (Å²) in [5, 5.41) is 14.8. The summed E-state index contributed by atoms with van der Waals surface area (Å²) in [7, 11) is 1.61. The van der Waals surface area contributed by atoms with Gasteiger partial charge in [0, 0.05) is 18.1 Å². The maximum atomic E-state index is 11.7. The molecule has 0 saturated carbocycles. The molecule has 1 rings (SSSR count). The van der Waals surface area contributed by atoms with Gasteiger partial charge >= 0.3 is 0 Å². The number of hydrogen-bond donors (Lipinski definition) is 2. The van der Waals surface area contributed by atoms with Crippen molar-refractivity contribution in [1.82, 2.24) is 5.32 Å². The van der Waals surface area contributed by atoms with E-state index in [0.29, 0.717) is 12.1 Å². The molecule has 1 aromatic rings. The molecule has 0 aliphatic carbocycles. The number of halogens is 1. The Balaban J connectivity index is 2.84. The average molecular weight is 310 g/mol. The lowest BCUT2D eigenvalue weighted by molar-refractivity contribution is -0.128. The minimum atomic E-state index is -0.538. The third-order valence-corrected chi connectivity index (χ3v) is 3.16. The number of benzene rings is 1. The number of rotatable bonds is 4. The zero-order chi connectivity index (χ0) is 13.8. The number of amides is 1. The van der Waals surface area contributed by atoms with Crippen molar-refractivity contribution in [2.24, 2.45) is 5.41 Å². The maximum Gasteiger partial charge on any atom is 0.227 e. The highest BCUT2D eigenvalue weighted by molar-refractivity contribution is 9.10. The van der Waals surface area contributed by atoms with Gasteiger partial charge in [-0.3, -0.25) is 4.79 Å². The second-order valence-corrected chi connectivity index (χ2v) is 5.53. The van der Waals surface area contributed by atoms with Gasteiger partial charge < -0.3 is 10.6 Å². The van der Waals surface area contributed by atoms with E-state index in [0.717, 1.165) is 10.2 Å².